The maximum Gasteiger partial charge on any atom is 0.338 e. The number of esters is 1. The molecule has 1 atom stereocenters. The van der Waals surface area contributed by atoms with Crippen LogP contribution in [-0.4, -0.2) is 25.3 Å². The van der Waals surface area contributed by atoms with E-state index in [1.54, 1.807) is 19.2 Å². The topological polar surface area (TPSA) is 35.5 Å². The van der Waals surface area contributed by atoms with Crippen molar-refractivity contribution in [2.75, 3.05) is 13.7 Å². The van der Waals surface area contributed by atoms with Gasteiger partial charge in [-0.2, -0.15) is 0 Å². The Morgan fingerprint density at radius 3 is 2.39 bits per heavy atom. The third kappa shape index (κ3) is 3.84. The summed E-state index contributed by atoms with van der Waals surface area (Å²) in [5.74, 6) is -0.0923. The van der Waals surface area contributed by atoms with E-state index < -0.39 is 5.60 Å². The largest absolute Gasteiger partial charge is 0.456 e. The van der Waals surface area contributed by atoms with Gasteiger partial charge in [0, 0.05) is 13.0 Å². The molecule has 0 N–H and O–H groups in total. The van der Waals surface area contributed by atoms with Crippen LogP contribution in [0, 0.1) is 5.92 Å². The molecule has 0 amide bonds. The van der Waals surface area contributed by atoms with Gasteiger partial charge in [0.25, 0.3) is 0 Å². The molecule has 0 aliphatic rings. The standard InChI is InChI=1S/C15H22O3/c1-5-13(11-17-4)15(2,3)18-14(16)12-9-7-6-8-10-12/h6-10,13H,5,11H2,1-4H3. The normalized spacial score (nSPS) is 13.1. The quantitative estimate of drug-likeness (QED) is 0.727. The van der Waals surface area contributed by atoms with Gasteiger partial charge in [0.2, 0.25) is 0 Å². The van der Waals surface area contributed by atoms with E-state index in [4.69, 9.17) is 9.47 Å². The van der Waals surface area contributed by atoms with Crippen LogP contribution >= 0.6 is 0 Å². The minimum absolute atomic E-state index is 0.190. The second-order valence-corrected chi connectivity index (χ2v) is 4.92. The Bertz CT molecular complexity index is 371. The van der Waals surface area contributed by atoms with Crippen molar-refractivity contribution in [1.82, 2.24) is 0 Å². The first-order valence-corrected chi connectivity index (χ1v) is 6.28. The van der Waals surface area contributed by atoms with Gasteiger partial charge in [-0.3, -0.25) is 0 Å². The van der Waals surface area contributed by atoms with Crippen LogP contribution in [0.5, 0.6) is 0 Å². The molecule has 1 rings (SSSR count). The molecule has 0 heterocycles. The molecule has 3 nitrogen and oxygen atoms in total. The number of benzene rings is 1. The summed E-state index contributed by atoms with van der Waals surface area (Å²) in [6.45, 7) is 6.52. The van der Waals surface area contributed by atoms with Crippen molar-refractivity contribution in [2.24, 2.45) is 5.92 Å². The lowest BCUT2D eigenvalue weighted by Gasteiger charge is -2.33. The van der Waals surface area contributed by atoms with Gasteiger partial charge in [0.15, 0.2) is 0 Å². The number of hydrogen-bond acceptors (Lipinski definition) is 3. The fourth-order valence-corrected chi connectivity index (χ4v) is 1.97. The number of rotatable bonds is 6. The van der Waals surface area contributed by atoms with Crippen LogP contribution in [0.3, 0.4) is 0 Å². The minimum Gasteiger partial charge on any atom is -0.456 e. The zero-order valence-corrected chi connectivity index (χ0v) is 11.6. The number of methoxy groups -OCH3 is 1. The number of hydrogen-bond donors (Lipinski definition) is 0. The van der Waals surface area contributed by atoms with Gasteiger partial charge in [0.05, 0.1) is 12.2 Å². The maximum absolute atomic E-state index is 12.0. The first kappa shape index (κ1) is 14.7. The lowest BCUT2D eigenvalue weighted by atomic mass is 9.89. The molecule has 1 aromatic carbocycles. The van der Waals surface area contributed by atoms with Crippen molar-refractivity contribution in [3.05, 3.63) is 35.9 Å². The molecule has 0 fully saturated rings. The second kappa shape index (κ2) is 6.55. The predicted octanol–water partition coefficient (Wildman–Crippen LogP) is 3.29. The molecule has 3 heteroatoms. The number of ether oxygens (including phenoxy) is 2. The molecule has 0 bridgehead atoms. The molecule has 0 spiro atoms. The zero-order valence-electron chi connectivity index (χ0n) is 11.6. The van der Waals surface area contributed by atoms with Crippen LogP contribution in [0.25, 0.3) is 0 Å². The summed E-state index contributed by atoms with van der Waals surface area (Å²) in [7, 11) is 1.66. The van der Waals surface area contributed by atoms with E-state index >= 15 is 0 Å². The van der Waals surface area contributed by atoms with E-state index in [2.05, 4.69) is 6.92 Å². The van der Waals surface area contributed by atoms with Crippen LogP contribution in [0.15, 0.2) is 30.3 Å². The van der Waals surface area contributed by atoms with Crippen LogP contribution < -0.4 is 0 Å². The van der Waals surface area contributed by atoms with Crippen LogP contribution in [-0.2, 0) is 9.47 Å². The smallest absolute Gasteiger partial charge is 0.338 e. The molecule has 0 radical (unpaired) electrons. The maximum atomic E-state index is 12.0. The summed E-state index contributed by atoms with van der Waals surface area (Å²) in [5, 5.41) is 0. The lowest BCUT2D eigenvalue weighted by Crippen LogP contribution is -2.38. The van der Waals surface area contributed by atoms with Gasteiger partial charge in [-0.25, -0.2) is 4.79 Å². The SMILES string of the molecule is CCC(COC)C(C)(C)OC(=O)c1ccccc1. The molecule has 1 unspecified atom stereocenters. The van der Waals surface area contributed by atoms with Crippen LogP contribution in [0.2, 0.25) is 0 Å². The third-order valence-electron chi connectivity index (χ3n) is 3.21. The fourth-order valence-electron chi connectivity index (χ4n) is 1.97. The van der Waals surface area contributed by atoms with Gasteiger partial charge in [-0.15, -0.1) is 0 Å². The highest BCUT2D eigenvalue weighted by atomic mass is 16.6. The summed E-state index contributed by atoms with van der Waals surface area (Å²) < 4.78 is 10.8. The zero-order chi connectivity index (χ0) is 13.6. The average molecular weight is 250 g/mol. The Hall–Kier alpha value is -1.35. The molecule has 0 saturated carbocycles. The van der Waals surface area contributed by atoms with Gasteiger partial charge >= 0.3 is 5.97 Å². The molecular formula is C15H22O3. The molecule has 100 valence electrons. The highest BCUT2D eigenvalue weighted by Crippen LogP contribution is 2.26. The van der Waals surface area contributed by atoms with Gasteiger partial charge in [-0.05, 0) is 32.4 Å². The third-order valence-corrected chi connectivity index (χ3v) is 3.21. The van der Waals surface area contributed by atoms with Gasteiger partial charge in [-0.1, -0.05) is 25.1 Å². The van der Waals surface area contributed by atoms with E-state index in [0.717, 1.165) is 6.42 Å². The molecule has 0 saturated heterocycles. The van der Waals surface area contributed by atoms with Crippen molar-refractivity contribution in [1.29, 1.82) is 0 Å². The molecule has 0 aliphatic heterocycles. The summed E-state index contributed by atoms with van der Waals surface area (Å²) in [4.78, 5) is 12.0. The summed E-state index contributed by atoms with van der Waals surface area (Å²) in [6, 6.07) is 9.05. The molecular weight excluding hydrogens is 228 g/mol. The Labute approximate surface area is 109 Å². The summed E-state index contributed by atoms with van der Waals surface area (Å²) in [6.07, 6.45) is 0.906. The summed E-state index contributed by atoms with van der Waals surface area (Å²) >= 11 is 0. The minimum atomic E-state index is -0.530. The summed E-state index contributed by atoms with van der Waals surface area (Å²) in [5.41, 5.74) is 0.0513. The Morgan fingerprint density at radius 2 is 1.89 bits per heavy atom. The average Bonchev–Trinajstić information content (AvgIpc) is 2.36. The first-order valence-electron chi connectivity index (χ1n) is 6.28. The van der Waals surface area contributed by atoms with Crippen molar-refractivity contribution in [3.8, 4) is 0 Å². The van der Waals surface area contributed by atoms with E-state index in [0.29, 0.717) is 12.2 Å². The highest BCUT2D eigenvalue weighted by Gasteiger charge is 2.32. The van der Waals surface area contributed by atoms with E-state index in [1.165, 1.54) is 0 Å². The fraction of sp³-hybridized carbons (Fsp3) is 0.533. The Balaban J connectivity index is 2.73. The molecule has 18 heavy (non-hydrogen) atoms. The van der Waals surface area contributed by atoms with Crippen molar-refractivity contribution < 1.29 is 14.3 Å². The van der Waals surface area contributed by atoms with Gasteiger partial charge < -0.3 is 9.47 Å². The van der Waals surface area contributed by atoms with Crippen LogP contribution in [0.4, 0.5) is 0 Å². The molecule has 0 aliphatic carbocycles. The Kier molecular flexibility index (Phi) is 5.35. The molecule has 0 aromatic heterocycles. The second-order valence-electron chi connectivity index (χ2n) is 4.92. The molecule has 1 aromatic rings. The van der Waals surface area contributed by atoms with Crippen molar-refractivity contribution in [3.63, 3.8) is 0 Å². The van der Waals surface area contributed by atoms with Crippen molar-refractivity contribution >= 4 is 5.97 Å². The van der Waals surface area contributed by atoms with Gasteiger partial charge in [0.1, 0.15) is 5.60 Å². The number of carbonyl (C=O) groups excluding carboxylic acids is 1. The van der Waals surface area contributed by atoms with E-state index in [1.807, 2.05) is 32.0 Å². The highest BCUT2D eigenvalue weighted by molar-refractivity contribution is 5.89. The predicted molar refractivity (Wildman–Crippen MR) is 71.6 cm³/mol. The van der Waals surface area contributed by atoms with Crippen LogP contribution in [0.1, 0.15) is 37.6 Å². The Morgan fingerprint density at radius 1 is 1.28 bits per heavy atom. The van der Waals surface area contributed by atoms with Crippen molar-refractivity contribution in [2.45, 2.75) is 32.8 Å². The monoisotopic (exact) mass is 250 g/mol. The lowest BCUT2D eigenvalue weighted by molar-refractivity contribution is -0.0489. The number of carbonyl (C=O) groups is 1. The first-order chi connectivity index (χ1) is 8.51. The van der Waals surface area contributed by atoms with E-state index in [9.17, 15) is 4.79 Å². The van der Waals surface area contributed by atoms with E-state index in [-0.39, 0.29) is 11.9 Å².